The van der Waals surface area contributed by atoms with Gasteiger partial charge in [0.25, 0.3) is 0 Å². The van der Waals surface area contributed by atoms with Crippen molar-refractivity contribution in [3.05, 3.63) is 21.3 Å². The lowest BCUT2D eigenvalue weighted by Crippen LogP contribution is -2.20. The van der Waals surface area contributed by atoms with Crippen molar-refractivity contribution in [2.75, 3.05) is 6.54 Å². The van der Waals surface area contributed by atoms with Gasteiger partial charge in [-0.25, -0.2) is 0 Å². The summed E-state index contributed by atoms with van der Waals surface area (Å²) in [6.45, 7) is 5.42. The summed E-state index contributed by atoms with van der Waals surface area (Å²) in [5.41, 5.74) is 0. The first-order valence-corrected chi connectivity index (χ1v) is 6.01. The summed E-state index contributed by atoms with van der Waals surface area (Å²) in [5, 5.41) is 6.44. The molecule has 0 saturated heterocycles. The third kappa shape index (κ3) is 2.97. The summed E-state index contributed by atoms with van der Waals surface area (Å²) in [7, 11) is 0. The van der Waals surface area contributed by atoms with Crippen LogP contribution in [-0.4, -0.2) is 6.54 Å². The van der Waals surface area contributed by atoms with Crippen LogP contribution in [0.25, 0.3) is 0 Å². The maximum Gasteiger partial charge on any atom is 0.0561 e. The van der Waals surface area contributed by atoms with E-state index in [0.717, 1.165) is 18.0 Å². The largest absolute Gasteiger partial charge is 0.309 e. The highest BCUT2D eigenvalue weighted by molar-refractivity contribution is 7.10. The molecule has 1 nitrogen and oxygen atoms in total. The average molecular weight is 218 g/mol. The second-order valence-electron chi connectivity index (χ2n) is 3.05. The van der Waals surface area contributed by atoms with Crippen LogP contribution in [0.4, 0.5) is 0 Å². The molecule has 0 spiro atoms. The number of nitrogens with one attached hydrogen (secondary N) is 1. The summed E-state index contributed by atoms with van der Waals surface area (Å²) < 4.78 is 0. The number of hydrogen-bond donors (Lipinski definition) is 1. The van der Waals surface area contributed by atoms with Gasteiger partial charge in [0.1, 0.15) is 0 Å². The van der Waals surface area contributed by atoms with Crippen LogP contribution in [-0.2, 0) is 0 Å². The molecule has 0 saturated carbocycles. The van der Waals surface area contributed by atoms with E-state index >= 15 is 0 Å². The van der Waals surface area contributed by atoms with E-state index in [0.29, 0.717) is 6.04 Å². The molecule has 1 unspecified atom stereocenters. The van der Waals surface area contributed by atoms with Gasteiger partial charge in [-0.05, 0) is 30.8 Å². The second kappa shape index (κ2) is 5.63. The molecule has 0 aliphatic rings. The molecule has 0 amide bonds. The number of hydrogen-bond acceptors (Lipinski definition) is 2. The fourth-order valence-corrected chi connectivity index (χ4v) is 2.64. The Kier molecular flexibility index (Phi) is 4.78. The standard InChI is InChI=1S/C10H16ClNS/c1-3-6-12-9(4-2)10-8(11)5-7-13-10/h5,7,9,12H,3-4,6H2,1-2H3. The van der Waals surface area contributed by atoms with E-state index in [-0.39, 0.29) is 0 Å². The molecule has 13 heavy (non-hydrogen) atoms. The maximum atomic E-state index is 6.06. The number of thiophene rings is 1. The van der Waals surface area contributed by atoms with Crippen molar-refractivity contribution >= 4 is 22.9 Å². The maximum absolute atomic E-state index is 6.06. The third-order valence-electron chi connectivity index (χ3n) is 2.01. The number of rotatable bonds is 5. The van der Waals surface area contributed by atoms with Crippen LogP contribution in [0.5, 0.6) is 0 Å². The molecule has 1 N–H and O–H groups in total. The molecule has 1 rings (SSSR count). The second-order valence-corrected chi connectivity index (χ2v) is 4.40. The topological polar surface area (TPSA) is 12.0 Å². The van der Waals surface area contributed by atoms with Crippen molar-refractivity contribution in [3.8, 4) is 0 Å². The molecule has 0 bridgehead atoms. The van der Waals surface area contributed by atoms with Crippen LogP contribution in [0, 0.1) is 0 Å². The molecule has 0 aromatic carbocycles. The van der Waals surface area contributed by atoms with Gasteiger partial charge in [0.15, 0.2) is 0 Å². The minimum absolute atomic E-state index is 0.437. The Morgan fingerprint density at radius 2 is 2.31 bits per heavy atom. The lowest BCUT2D eigenvalue weighted by molar-refractivity contribution is 0.526. The molecular formula is C10H16ClNS. The van der Waals surface area contributed by atoms with Crippen LogP contribution < -0.4 is 5.32 Å². The van der Waals surface area contributed by atoms with E-state index in [1.807, 2.05) is 11.4 Å². The van der Waals surface area contributed by atoms with Gasteiger partial charge in [0.2, 0.25) is 0 Å². The third-order valence-corrected chi connectivity index (χ3v) is 3.48. The van der Waals surface area contributed by atoms with Crippen molar-refractivity contribution in [3.63, 3.8) is 0 Å². The highest BCUT2D eigenvalue weighted by Gasteiger charge is 2.12. The number of halogens is 1. The SMILES string of the molecule is CCCNC(CC)c1sccc1Cl. The van der Waals surface area contributed by atoms with Crippen molar-refractivity contribution in [1.82, 2.24) is 5.32 Å². The molecule has 1 aromatic heterocycles. The van der Waals surface area contributed by atoms with Crippen molar-refractivity contribution < 1.29 is 0 Å². The van der Waals surface area contributed by atoms with E-state index in [4.69, 9.17) is 11.6 Å². The van der Waals surface area contributed by atoms with Crippen molar-refractivity contribution in [2.24, 2.45) is 0 Å². The lowest BCUT2D eigenvalue weighted by Gasteiger charge is -2.15. The first-order chi connectivity index (χ1) is 6.29. The minimum Gasteiger partial charge on any atom is -0.309 e. The Morgan fingerprint density at radius 3 is 2.77 bits per heavy atom. The first kappa shape index (κ1) is 11.0. The molecular weight excluding hydrogens is 202 g/mol. The predicted molar refractivity (Wildman–Crippen MR) is 60.7 cm³/mol. The van der Waals surface area contributed by atoms with Gasteiger partial charge < -0.3 is 5.32 Å². The van der Waals surface area contributed by atoms with Gasteiger partial charge in [-0.2, -0.15) is 0 Å². The van der Waals surface area contributed by atoms with E-state index in [2.05, 4.69) is 19.2 Å². The zero-order valence-electron chi connectivity index (χ0n) is 8.14. The van der Waals surface area contributed by atoms with Gasteiger partial charge in [0, 0.05) is 10.9 Å². The molecule has 0 fully saturated rings. The van der Waals surface area contributed by atoms with E-state index in [9.17, 15) is 0 Å². The Hall–Kier alpha value is -0.0500. The van der Waals surface area contributed by atoms with Gasteiger partial charge in [-0.3, -0.25) is 0 Å². The summed E-state index contributed by atoms with van der Waals surface area (Å²) in [5.74, 6) is 0. The van der Waals surface area contributed by atoms with Crippen LogP contribution in [0.1, 0.15) is 37.6 Å². The van der Waals surface area contributed by atoms with Gasteiger partial charge in [-0.15, -0.1) is 11.3 Å². The summed E-state index contributed by atoms with van der Waals surface area (Å²) in [6.07, 6.45) is 2.26. The zero-order valence-corrected chi connectivity index (χ0v) is 9.71. The first-order valence-electron chi connectivity index (χ1n) is 4.75. The van der Waals surface area contributed by atoms with Crippen LogP contribution in [0.2, 0.25) is 5.02 Å². The smallest absolute Gasteiger partial charge is 0.0561 e. The summed E-state index contributed by atoms with van der Waals surface area (Å²) in [4.78, 5) is 1.28. The van der Waals surface area contributed by atoms with Crippen LogP contribution in [0.15, 0.2) is 11.4 Å². The Balaban J connectivity index is 2.61. The minimum atomic E-state index is 0.437. The molecule has 1 heterocycles. The zero-order chi connectivity index (χ0) is 9.68. The molecule has 0 aliphatic carbocycles. The van der Waals surface area contributed by atoms with Gasteiger partial charge in [0.05, 0.1) is 5.02 Å². The highest BCUT2D eigenvalue weighted by Crippen LogP contribution is 2.30. The normalized spacial score (nSPS) is 13.2. The van der Waals surface area contributed by atoms with E-state index < -0.39 is 0 Å². The fourth-order valence-electron chi connectivity index (χ4n) is 1.30. The molecule has 3 heteroatoms. The van der Waals surface area contributed by atoms with E-state index in [1.165, 1.54) is 11.3 Å². The highest BCUT2D eigenvalue weighted by atomic mass is 35.5. The quantitative estimate of drug-likeness (QED) is 0.790. The summed E-state index contributed by atoms with van der Waals surface area (Å²) >= 11 is 7.80. The molecule has 0 aliphatic heterocycles. The lowest BCUT2D eigenvalue weighted by atomic mass is 10.2. The van der Waals surface area contributed by atoms with Gasteiger partial charge in [-0.1, -0.05) is 25.4 Å². The Bertz CT molecular complexity index is 247. The van der Waals surface area contributed by atoms with E-state index in [1.54, 1.807) is 11.3 Å². The molecule has 1 atom stereocenters. The van der Waals surface area contributed by atoms with Crippen molar-refractivity contribution in [2.45, 2.75) is 32.7 Å². The summed E-state index contributed by atoms with van der Waals surface area (Å²) in [6, 6.07) is 2.41. The molecule has 0 radical (unpaired) electrons. The molecule has 74 valence electrons. The Morgan fingerprint density at radius 1 is 1.54 bits per heavy atom. The van der Waals surface area contributed by atoms with Gasteiger partial charge >= 0.3 is 0 Å². The predicted octanol–water partition coefficient (Wildman–Crippen LogP) is 3.85. The fraction of sp³-hybridized carbons (Fsp3) is 0.600. The van der Waals surface area contributed by atoms with Crippen molar-refractivity contribution in [1.29, 1.82) is 0 Å². The monoisotopic (exact) mass is 217 g/mol. The van der Waals surface area contributed by atoms with Crippen LogP contribution >= 0.6 is 22.9 Å². The molecule has 1 aromatic rings. The Labute approximate surface area is 89.1 Å². The average Bonchev–Trinajstić information content (AvgIpc) is 2.54. The van der Waals surface area contributed by atoms with Crippen LogP contribution in [0.3, 0.4) is 0 Å².